The summed E-state index contributed by atoms with van der Waals surface area (Å²) in [5.74, 6) is -0.0278. The van der Waals surface area contributed by atoms with Gasteiger partial charge in [0.15, 0.2) is 0 Å². The van der Waals surface area contributed by atoms with Crippen LogP contribution in [0.1, 0.15) is 28.9 Å². The Morgan fingerprint density at radius 2 is 2.00 bits per heavy atom. The third-order valence-corrected chi connectivity index (χ3v) is 4.88. The highest BCUT2D eigenvalue weighted by Crippen LogP contribution is 2.26. The molecule has 0 fully saturated rings. The lowest BCUT2D eigenvalue weighted by Crippen LogP contribution is -2.26. The maximum absolute atomic E-state index is 12.5. The van der Waals surface area contributed by atoms with Gasteiger partial charge in [-0.2, -0.15) is 0 Å². The molecular weight excluding hydrogens is 346 g/mol. The molecule has 0 aliphatic heterocycles. The second-order valence-electron chi connectivity index (χ2n) is 4.90. The third-order valence-electron chi connectivity index (χ3n) is 3.42. The number of nitrogens with one attached hydrogen (secondary N) is 1. The number of halogens is 1. The molecule has 1 atom stereocenters. The molecular formula is C17H14BrNOS. The number of carbonyl (C=O) groups is 1. The molecule has 1 aromatic heterocycles. The fraction of sp³-hybridized carbons (Fsp3) is 0.118. The van der Waals surface area contributed by atoms with E-state index >= 15 is 0 Å². The van der Waals surface area contributed by atoms with Crippen LogP contribution in [0.4, 0.5) is 0 Å². The van der Waals surface area contributed by atoms with Crippen molar-refractivity contribution >= 4 is 43.3 Å². The molecule has 0 bridgehead atoms. The molecule has 3 aromatic rings. The van der Waals surface area contributed by atoms with Crippen LogP contribution >= 0.6 is 27.3 Å². The number of thiophene rings is 1. The van der Waals surface area contributed by atoms with Crippen molar-refractivity contribution in [2.45, 2.75) is 13.0 Å². The Morgan fingerprint density at radius 3 is 2.81 bits per heavy atom. The maximum atomic E-state index is 12.5. The molecule has 4 heteroatoms. The predicted molar refractivity (Wildman–Crippen MR) is 91.8 cm³/mol. The molecule has 2 aromatic carbocycles. The molecule has 3 rings (SSSR count). The lowest BCUT2D eigenvalue weighted by molar-refractivity contribution is 0.0942. The Morgan fingerprint density at radius 1 is 1.19 bits per heavy atom. The minimum atomic E-state index is -0.0336. The van der Waals surface area contributed by atoms with Gasteiger partial charge in [-0.1, -0.05) is 46.3 Å². The Bertz CT molecular complexity index is 796. The molecule has 106 valence electrons. The smallest absolute Gasteiger partial charge is 0.253 e. The zero-order chi connectivity index (χ0) is 14.8. The lowest BCUT2D eigenvalue weighted by atomic mass is 10.1. The summed E-state index contributed by atoms with van der Waals surface area (Å²) in [7, 11) is 0. The van der Waals surface area contributed by atoms with Crippen molar-refractivity contribution in [3.05, 3.63) is 69.5 Å². The SMILES string of the molecule is CC(NC(=O)c1csc2ccccc12)c1cccc(Br)c1. The van der Waals surface area contributed by atoms with Gasteiger partial charge < -0.3 is 5.32 Å². The van der Waals surface area contributed by atoms with E-state index in [0.29, 0.717) is 0 Å². The van der Waals surface area contributed by atoms with Crippen LogP contribution in [-0.4, -0.2) is 5.91 Å². The zero-order valence-corrected chi connectivity index (χ0v) is 13.9. The summed E-state index contributed by atoms with van der Waals surface area (Å²) < 4.78 is 2.15. The summed E-state index contributed by atoms with van der Waals surface area (Å²) in [4.78, 5) is 12.5. The molecule has 0 saturated carbocycles. The molecule has 2 nitrogen and oxygen atoms in total. The molecule has 0 saturated heterocycles. The highest BCUT2D eigenvalue weighted by Gasteiger charge is 2.15. The highest BCUT2D eigenvalue weighted by molar-refractivity contribution is 9.10. The molecule has 0 radical (unpaired) electrons. The minimum Gasteiger partial charge on any atom is -0.345 e. The number of benzene rings is 2. The van der Waals surface area contributed by atoms with E-state index in [-0.39, 0.29) is 11.9 Å². The van der Waals surface area contributed by atoms with Crippen LogP contribution in [0.2, 0.25) is 0 Å². The van der Waals surface area contributed by atoms with Crippen LogP contribution in [0, 0.1) is 0 Å². The van der Waals surface area contributed by atoms with Crippen molar-refractivity contribution in [3.63, 3.8) is 0 Å². The van der Waals surface area contributed by atoms with Crippen LogP contribution < -0.4 is 5.32 Å². The van der Waals surface area contributed by atoms with Gasteiger partial charge in [-0.05, 0) is 30.7 Å². The van der Waals surface area contributed by atoms with Crippen molar-refractivity contribution in [3.8, 4) is 0 Å². The Labute approximate surface area is 135 Å². The van der Waals surface area contributed by atoms with Gasteiger partial charge in [-0.3, -0.25) is 4.79 Å². The van der Waals surface area contributed by atoms with E-state index < -0.39 is 0 Å². The van der Waals surface area contributed by atoms with Crippen molar-refractivity contribution in [2.75, 3.05) is 0 Å². The van der Waals surface area contributed by atoms with Gasteiger partial charge >= 0.3 is 0 Å². The summed E-state index contributed by atoms with van der Waals surface area (Å²) in [5, 5.41) is 6.00. The van der Waals surface area contributed by atoms with Crippen molar-refractivity contribution in [1.82, 2.24) is 5.32 Å². The average Bonchev–Trinajstić information content (AvgIpc) is 2.91. The number of rotatable bonds is 3. The number of amides is 1. The fourth-order valence-electron chi connectivity index (χ4n) is 2.29. The molecule has 0 aliphatic carbocycles. The Hall–Kier alpha value is -1.65. The molecule has 1 heterocycles. The van der Waals surface area contributed by atoms with E-state index in [4.69, 9.17) is 0 Å². The van der Waals surface area contributed by atoms with E-state index in [2.05, 4.69) is 21.2 Å². The molecule has 0 aliphatic rings. The summed E-state index contributed by atoms with van der Waals surface area (Å²) in [6.07, 6.45) is 0. The normalized spacial score (nSPS) is 12.3. The van der Waals surface area contributed by atoms with Gasteiger partial charge in [-0.15, -0.1) is 11.3 Å². The quantitative estimate of drug-likeness (QED) is 0.687. The van der Waals surface area contributed by atoms with Crippen LogP contribution in [-0.2, 0) is 0 Å². The summed E-state index contributed by atoms with van der Waals surface area (Å²) in [5.41, 5.74) is 1.83. The van der Waals surface area contributed by atoms with E-state index in [0.717, 1.165) is 25.7 Å². The van der Waals surface area contributed by atoms with Gasteiger partial charge in [-0.25, -0.2) is 0 Å². The first-order valence-electron chi connectivity index (χ1n) is 6.68. The highest BCUT2D eigenvalue weighted by atomic mass is 79.9. The first-order valence-corrected chi connectivity index (χ1v) is 8.35. The topological polar surface area (TPSA) is 29.1 Å². The molecule has 1 unspecified atom stereocenters. The first-order chi connectivity index (χ1) is 10.1. The van der Waals surface area contributed by atoms with Crippen LogP contribution in [0.25, 0.3) is 10.1 Å². The van der Waals surface area contributed by atoms with E-state index in [1.807, 2.05) is 60.8 Å². The summed E-state index contributed by atoms with van der Waals surface area (Å²) >= 11 is 5.06. The largest absolute Gasteiger partial charge is 0.345 e. The number of fused-ring (bicyclic) bond motifs is 1. The van der Waals surface area contributed by atoms with Crippen molar-refractivity contribution in [2.24, 2.45) is 0 Å². The van der Waals surface area contributed by atoms with Gasteiger partial charge in [0.05, 0.1) is 11.6 Å². The molecule has 0 spiro atoms. The van der Waals surface area contributed by atoms with Crippen molar-refractivity contribution in [1.29, 1.82) is 0 Å². The standard InChI is InChI=1S/C17H14BrNOS/c1-11(12-5-4-6-13(18)9-12)19-17(20)15-10-21-16-8-3-2-7-14(15)16/h2-11H,1H3,(H,19,20). The second-order valence-corrected chi connectivity index (χ2v) is 6.72. The monoisotopic (exact) mass is 359 g/mol. The zero-order valence-electron chi connectivity index (χ0n) is 11.5. The van der Waals surface area contributed by atoms with Gasteiger partial charge in [0.25, 0.3) is 5.91 Å². The summed E-state index contributed by atoms with van der Waals surface area (Å²) in [6, 6.07) is 15.9. The number of hydrogen-bond acceptors (Lipinski definition) is 2. The van der Waals surface area contributed by atoms with Gasteiger partial charge in [0, 0.05) is 19.9 Å². The number of hydrogen-bond donors (Lipinski definition) is 1. The van der Waals surface area contributed by atoms with Crippen LogP contribution in [0.15, 0.2) is 58.4 Å². The lowest BCUT2D eigenvalue weighted by Gasteiger charge is -2.14. The van der Waals surface area contributed by atoms with Crippen LogP contribution in [0.3, 0.4) is 0 Å². The third kappa shape index (κ3) is 3.01. The Balaban J connectivity index is 1.83. The predicted octanol–water partition coefficient (Wildman–Crippen LogP) is 5.15. The van der Waals surface area contributed by atoms with Gasteiger partial charge in [0.1, 0.15) is 0 Å². The molecule has 1 N–H and O–H groups in total. The van der Waals surface area contributed by atoms with Crippen molar-refractivity contribution < 1.29 is 4.79 Å². The van der Waals surface area contributed by atoms with E-state index in [1.165, 1.54) is 0 Å². The van der Waals surface area contributed by atoms with E-state index in [1.54, 1.807) is 11.3 Å². The molecule has 1 amide bonds. The Kier molecular flexibility index (Phi) is 4.08. The van der Waals surface area contributed by atoms with E-state index in [9.17, 15) is 4.79 Å². The van der Waals surface area contributed by atoms with Gasteiger partial charge in [0.2, 0.25) is 0 Å². The average molecular weight is 360 g/mol. The summed E-state index contributed by atoms with van der Waals surface area (Å²) in [6.45, 7) is 1.99. The number of carbonyl (C=O) groups excluding carboxylic acids is 1. The fourth-order valence-corrected chi connectivity index (χ4v) is 3.65. The maximum Gasteiger partial charge on any atom is 0.253 e. The minimum absolute atomic E-state index is 0.0278. The first kappa shape index (κ1) is 14.3. The van der Waals surface area contributed by atoms with Crippen LogP contribution in [0.5, 0.6) is 0 Å². The molecule has 21 heavy (non-hydrogen) atoms. The second kappa shape index (κ2) is 6.00.